The van der Waals surface area contributed by atoms with Gasteiger partial charge in [-0.25, -0.2) is 0 Å². The van der Waals surface area contributed by atoms with Gasteiger partial charge in [0.15, 0.2) is 6.29 Å². The predicted molar refractivity (Wildman–Crippen MR) is 47.7 cm³/mol. The van der Waals surface area contributed by atoms with Crippen LogP contribution in [0.25, 0.3) is 0 Å². The van der Waals surface area contributed by atoms with Gasteiger partial charge in [0.1, 0.15) is 0 Å². The molecule has 0 unspecified atom stereocenters. The van der Waals surface area contributed by atoms with Crippen molar-refractivity contribution in [2.75, 3.05) is 14.2 Å². The van der Waals surface area contributed by atoms with Crippen LogP contribution in [0.3, 0.4) is 0 Å². The Labute approximate surface area is 73.1 Å². The molecule has 0 amide bonds. The minimum absolute atomic E-state index is 0.273. The average molecular weight is 165 g/mol. The van der Waals surface area contributed by atoms with Gasteiger partial charge < -0.3 is 9.47 Å². The molecule has 1 aromatic carbocycles. The Morgan fingerprint density at radius 3 is 2.00 bits per heavy atom. The van der Waals surface area contributed by atoms with E-state index in [0.717, 1.165) is 11.1 Å². The van der Waals surface area contributed by atoms with E-state index < -0.39 is 0 Å². The average Bonchev–Trinajstić information content (AvgIpc) is 2.10. The van der Waals surface area contributed by atoms with Gasteiger partial charge in [-0.05, 0) is 12.5 Å². The van der Waals surface area contributed by atoms with E-state index in [2.05, 4.69) is 6.92 Å². The lowest BCUT2D eigenvalue weighted by atomic mass is 10.1. The van der Waals surface area contributed by atoms with Crippen molar-refractivity contribution in [3.05, 3.63) is 42.3 Å². The van der Waals surface area contributed by atoms with E-state index in [4.69, 9.17) is 9.47 Å². The molecular weight excluding hydrogens is 152 g/mol. The van der Waals surface area contributed by atoms with Crippen LogP contribution in [0.15, 0.2) is 24.3 Å². The van der Waals surface area contributed by atoms with Gasteiger partial charge in [-0.3, -0.25) is 0 Å². The standard InChI is InChI=1S/C10H13O2/c1-8-4-6-9(7-5-8)10(11-2)12-3/h4-7,10H,1H2,2-3H3. The van der Waals surface area contributed by atoms with Gasteiger partial charge in [-0.15, -0.1) is 0 Å². The van der Waals surface area contributed by atoms with Gasteiger partial charge in [0.2, 0.25) is 0 Å². The zero-order chi connectivity index (χ0) is 8.97. The molecule has 1 aromatic rings. The van der Waals surface area contributed by atoms with Crippen molar-refractivity contribution in [1.82, 2.24) is 0 Å². The van der Waals surface area contributed by atoms with Crippen molar-refractivity contribution < 1.29 is 9.47 Å². The Hall–Kier alpha value is -0.860. The summed E-state index contributed by atoms with van der Waals surface area (Å²) in [5.74, 6) is 0. The van der Waals surface area contributed by atoms with Crippen LogP contribution < -0.4 is 0 Å². The molecule has 0 aliphatic rings. The van der Waals surface area contributed by atoms with Gasteiger partial charge in [0.25, 0.3) is 0 Å². The third-order valence-electron chi connectivity index (χ3n) is 1.68. The maximum Gasteiger partial charge on any atom is 0.183 e. The van der Waals surface area contributed by atoms with Crippen LogP contribution >= 0.6 is 0 Å². The monoisotopic (exact) mass is 165 g/mol. The second kappa shape index (κ2) is 4.24. The molecule has 0 saturated heterocycles. The zero-order valence-electron chi connectivity index (χ0n) is 7.41. The van der Waals surface area contributed by atoms with Crippen LogP contribution in [0, 0.1) is 6.92 Å². The Morgan fingerprint density at radius 1 is 1.08 bits per heavy atom. The van der Waals surface area contributed by atoms with Crippen molar-refractivity contribution in [3.8, 4) is 0 Å². The number of ether oxygens (including phenoxy) is 2. The summed E-state index contributed by atoms with van der Waals surface area (Å²) in [7, 11) is 3.23. The van der Waals surface area contributed by atoms with Crippen molar-refractivity contribution in [2.45, 2.75) is 6.29 Å². The first-order chi connectivity index (χ1) is 5.77. The molecule has 12 heavy (non-hydrogen) atoms. The van der Waals surface area contributed by atoms with Crippen LogP contribution in [-0.4, -0.2) is 14.2 Å². The molecule has 0 saturated carbocycles. The molecule has 0 bridgehead atoms. The Morgan fingerprint density at radius 2 is 1.58 bits per heavy atom. The zero-order valence-corrected chi connectivity index (χ0v) is 7.41. The predicted octanol–water partition coefficient (Wildman–Crippen LogP) is 2.16. The summed E-state index contributed by atoms with van der Waals surface area (Å²) in [6.07, 6.45) is -0.273. The van der Waals surface area contributed by atoms with E-state index in [1.807, 2.05) is 24.3 Å². The third kappa shape index (κ3) is 2.06. The van der Waals surface area contributed by atoms with E-state index in [0.29, 0.717) is 0 Å². The molecular formula is C10H13O2. The summed E-state index contributed by atoms with van der Waals surface area (Å²) in [4.78, 5) is 0. The van der Waals surface area contributed by atoms with E-state index >= 15 is 0 Å². The fraction of sp³-hybridized carbons (Fsp3) is 0.300. The molecule has 0 aliphatic heterocycles. The normalized spacial score (nSPS) is 10.7. The van der Waals surface area contributed by atoms with E-state index in [1.54, 1.807) is 14.2 Å². The fourth-order valence-electron chi connectivity index (χ4n) is 1.04. The lowest BCUT2D eigenvalue weighted by molar-refractivity contribution is -0.106. The van der Waals surface area contributed by atoms with Crippen molar-refractivity contribution in [2.24, 2.45) is 0 Å². The van der Waals surface area contributed by atoms with Gasteiger partial charge in [0.05, 0.1) is 0 Å². The molecule has 0 aromatic heterocycles. The molecule has 0 fully saturated rings. The molecule has 2 heteroatoms. The van der Waals surface area contributed by atoms with E-state index in [-0.39, 0.29) is 6.29 Å². The van der Waals surface area contributed by atoms with Crippen LogP contribution in [0.1, 0.15) is 17.4 Å². The smallest absolute Gasteiger partial charge is 0.183 e. The quantitative estimate of drug-likeness (QED) is 0.639. The summed E-state index contributed by atoms with van der Waals surface area (Å²) < 4.78 is 10.2. The fourth-order valence-corrected chi connectivity index (χ4v) is 1.04. The van der Waals surface area contributed by atoms with Crippen molar-refractivity contribution in [3.63, 3.8) is 0 Å². The highest BCUT2D eigenvalue weighted by molar-refractivity contribution is 5.24. The van der Waals surface area contributed by atoms with Crippen molar-refractivity contribution in [1.29, 1.82) is 0 Å². The number of hydrogen-bond donors (Lipinski definition) is 0. The second-order valence-corrected chi connectivity index (χ2v) is 2.54. The molecule has 0 aliphatic carbocycles. The maximum absolute atomic E-state index is 5.08. The molecule has 2 nitrogen and oxygen atoms in total. The summed E-state index contributed by atoms with van der Waals surface area (Å²) in [6, 6.07) is 7.75. The van der Waals surface area contributed by atoms with Gasteiger partial charge in [-0.1, -0.05) is 24.3 Å². The lowest BCUT2D eigenvalue weighted by Crippen LogP contribution is -2.02. The summed E-state index contributed by atoms with van der Waals surface area (Å²) in [5, 5.41) is 0. The van der Waals surface area contributed by atoms with Gasteiger partial charge in [-0.2, -0.15) is 0 Å². The highest BCUT2D eigenvalue weighted by atomic mass is 16.7. The maximum atomic E-state index is 5.08. The SMILES string of the molecule is [CH2]c1ccc(C(OC)OC)cc1. The molecule has 0 atom stereocenters. The molecule has 1 radical (unpaired) electrons. The minimum Gasteiger partial charge on any atom is -0.352 e. The first-order valence-corrected chi connectivity index (χ1v) is 3.75. The molecule has 1 rings (SSSR count). The highest BCUT2D eigenvalue weighted by Crippen LogP contribution is 2.16. The number of benzene rings is 1. The number of hydrogen-bond acceptors (Lipinski definition) is 2. The molecule has 0 N–H and O–H groups in total. The van der Waals surface area contributed by atoms with Gasteiger partial charge in [0, 0.05) is 19.8 Å². The number of methoxy groups -OCH3 is 2. The summed E-state index contributed by atoms with van der Waals surface area (Å²) in [5.41, 5.74) is 2.00. The van der Waals surface area contributed by atoms with Crippen LogP contribution in [0.5, 0.6) is 0 Å². The lowest BCUT2D eigenvalue weighted by Gasteiger charge is -2.13. The van der Waals surface area contributed by atoms with Gasteiger partial charge >= 0.3 is 0 Å². The Kier molecular flexibility index (Phi) is 3.26. The third-order valence-corrected chi connectivity index (χ3v) is 1.68. The Bertz CT molecular complexity index is 224. The summed E-state index contributed by atoms with van der Waals surface area (Å²) in [6.45, 7) is 3.79. The van der Waals surface area contributed by atoms with Crippen molar-refractivity contribution >= 4 is 0 Å². The molecule has 0 spiro atoms. The van der Waals surface area contributed by atoms with Crippen LogP contribution in [-0.2, 0) is 9.47 Å². The molecule has 0 heterocycles. The first-order valence-electron chi connectivity index (χ1n) is 3.75. The summed E-state index contributed by atoms with van der Waals surface area (Å²) >= 11 is 0. The minimum atomic E-state index is -0.273. The van der Waals surface area contributed by atoms with Crippen LogP contribution in [0.2, 0.25) is 0 Å². The Balaban J connectivity index is 2.80. The van der Waals surface area contributed by atoms with E-state index in [1.165, 1.54) is 0 Å². The largest absolute Gasteiger partial charge is 0.352 e. The number of rotatable bonds is 3. The van der Waals surface area contributed by atoms with Crippen LogP contribution in [0.4, 0.5) is 0 Å². The topological polar surface area (TPSA) is 18.5 Å². The highest BCUT2D eigenvalue weighted by Gasteiger charge is 2.06. The molecule has 65 valence electrons. The second-order valence-electron chi connectivity index (χ2n) is 2.54. The first kappa shape index (κ1) is 9.23. The van der Waals surface area contributed by atoms with E-state index in [9.17, 15) is 0 Å².